The molecular formula is C30H41N5O8S. The van der Waals surface area contributed by atoms with Gasteiger partial charge in [0.15, 0.2) is 11.5 Å². The van der Waals surface area contributed by atoms with Crippen LogP contribution in [0, 0.1) is 5.41 Å². The molecular weight excluding hydrogens is 590 g/mol. The number of carbonyl (C=O) groups is 1. The van der Waals surface area contributed by atoms with Gasteiger partial charge in [-0.15, -0.1) is 0 Å². The van der Waals surface area contributed by atoms with Crippen LogP contribution < -0.4 is 14.8 Å². The van der Waals surface area contributed by atoms with E-state index in [0.717, 1.165) is 12.0 Å². The molecule has 2 aliphatic rings. The maximum Gasteiger partial charge on any atom is 0.407 e. The van der Waals surface area contributed by atoms with Crippen LogP contribution in [0.5, 0.6) is 11.5 Å². The lowest BCUT2D eigenvalue weighted by Gasteiger charge is -2.35. The lowest BCUT2D eigenvalue weighted by atomic mass is 9.87. The topological polar surface area (TPSA) is 172 Å². The minimum Gasteiger partial charge on any atom is -0.454 e. The van der Waals surface area contributed by atoms with Crippen LogP contribution in [0.3, 0.4) is 0 Å². The number of aliphatic hydroxyl groups excluding tert-OH is 1. The maximum absolute atomic E-state index is 14.1. The second kappa shape index (κ2) is 15.4. The van der Waals surface area contributed by atoms with Crippen LogP contribution in [0.2, 0.25) is 0 Å². The molecule has 1 amide bonds. The number of ether oxygens (including phenoxy) is 4. The Hall–Kier alpha value is -3.55. The SMILES string of the molecule is CC(C)(CCCCN=[N+]=[N-])CN(CC(O)C(Cc1ccccc1)NC(=O)OC1CCOC1)S(=O)(=O)c1ccc2c(c1)OCO2. The molecule has 2 N–H and O–H groups in total. The zero-order valence-corrected chi connectivity index (χ0v) is 25.9. The van der Waals surface area contributed by atoms with E-state index in [1.165, 1.54) is 16.4 Å². The molecule has 240 valence electrons. The molecule has 0 radical (unpaired) electrons. The van der Waals surface area contributed by atoms with Gasteiger partial charge in [0.2, 0.25) is 16.8 Å². The number of hydrogen-bond donors (Lipinski definition) is 2. The van der Waals surface area contributed by atoms with E-state index in [9.17, 15) is 18.3 Å². The molecule has 0 bridgehead atoms. The summed E-state index contributed by atoms with van der Waals surface area (Å²) in [4.78, 5) is 15.6. The largest absolute Gasteiger partial charge is 0.454 e. The van der Waals surface area contributed by atoms with Crippen LogP contribution in [-0.2, 0) is 25.9 Å². The number of aliphatic hydroxyl groups is 1. The number of sulfonamides is 1. The van der Waals surface area contributed by atoms with Gasteiger partial charge in [-0.05, 0) is 47.9 Å². The van der Waals surface area contributed by atoms with Gasteiger partial charge < -0.3 is 29.4 Å². The van der Waals surface area contributed by atoms with Crippen LogP contribution in [0.15, 0.2) is 58.5 Å². The zero-order chi connectivity index (χ0) is 31.6. The Bertz CT molecular complexity index is 1400. The molecule has 0 aliphatic carbocycles. The minimum absolute atomic E-state index is 0.0000574. The molecule has 4 rings (SSSR count). The van der Waals surface area contributed by atoms with Crippen LogP contribution in [0.4, 0.5) is 4.79 Å². The molecule has 44 heavy (non-hydrogen) atoms. The van der Waals surface area contributed by atoms with Crippen molar-refractivity contribution in [2.75, 3.05) is 39.6 Å². The van der Waals surface area contributed by atoms with Gasteiger partial charge in [0.1, 0.15) is 6.10 Å². The Labute approximate surface area is 258 Å². The summed E-state index contributed by atoms with van der Waals surface area (Å²) in [5.74, 6) is 0.778. The normalized spacial score (nSPS) is 17.6. The second-order valence-corrected chi connectivity index (χ2v) is 13.7. The van der Waals surface area contributed by atoms with E-state index in [0.29, 0.717) is 50.5 Å². The van der Waals surface area contributed by atoms with E-state index in [2.05, 4.69) is 15.3 Å². The summed E-state index contributed by atoms with van der Waals surface area (Å²) in [6, 6.07) is 12.9. The number of rotatable bonds is 16. The number of carbonyl (C=O) groups excluding carboxylic acids is 1. The maximum atomic E-state index is 14.1. The Kier molecular flexibility index (Phi) is 11.7. The van der Waals surface area contributed by atoms with Crippen molar-refractivity contribution in [2.45, 2.75) is 69.1 Å². The van der Waals surface area contributed by atoms with Crippen LogP contribution in [-0.4, -0.2) is 81.8 Å². The first-order valence-electron chi connectivity index (χ1n) is 14.7. The fourth-order valence-corrected chi connectivity index (χ4v) is 6.91. The molecule has 0 spiro atoms. The first kappa shape index (κ1) is 33.3. The number of azide groups is 1. The van der Waals surface area contributed by atoms with Gasteiger partial charge in [0, 0.05) is 37.0 Å². The van der Waals surface area contributed by atoms with Crippen molar-refractivity contribution in [3.05, 3.63) is 64.5 Å². The summed E-state index contributed by atoms with van der Waals surface area (Å²) in [6.45, 7) is 4.88. The molecule has 0 saturated carbocycles. The van der Waals surface area contributed by atoms with Gasteiger partial charge in [-0.1, -0.05) is 55.7 Å². The van der Waals surface area contributed by atoms with Crippen LogP contribution in [0.1, 0.15) is 45.1 Å². The highest BCUT2D eigenvalue weighted by Crippen LogP contribution is 2.36. The number of benzene rings is 2. The van der Waals surface area contributed by atoms with Crippen molar-refractivity contribution in [1.82, 2.24) is 9.62 Å². The number of hydrogen-bond acceptors (Lipinski definition) is 9. The van der Waals surface area contributed by atoms with E-state index in [-0.39, 0.29) is 37.3 Å². The quantitative estimate of drug-likeness (QED) is 0.119. The van der Waals surface area contributed by atoms with Crippen molar-refractivity contribution < 1.29 is 37.3 Å². The van der Waals surface area contributed by atoms with E-state index in [4.69, 9.17) is 24.5 Å². The first-order chi connectivity index (χ1) is 21.1. The van der Waals surface area contributed by atoms with Gasteiger partial charge in [0.25, 0.3) is 0 Å². The highest BCUT2D eigenvalue weighted by molar-refractivity contribution is 7.89. The molecule has 2 heterocycles. The molecule has 2 aromatic rings. The van der Waals surface area contributed by atoms with Gasteiger partial charge in [-0.2, -0.15) is 4.31 Å². The average molecular weight is 632 g/mol. The standard InChI is InChI=1S/C30H41N5O8S/c1-30(2,13-6-7-14-32-34-31)20-35(44(38,39)24-10-11-27-28(17-24)42-21-41-27)18-26(36)25(16-22-8-4-3-5-9-22)33-29(37)43-23-12-15-40-19-23/h3-5,8-11,17,23,25-26,36H,6-7,12-16,18-21H2,1-2H3,(H,33,37). The first-order valence-corrected chi connectivity index (χ1v) is 16.2. The van der Waals surface area contributed by atoms with Crippen molar-refractivity contribution in [3.8, 4) is 11.5 Å². The number of alkyl carbamates (subject to hydrolysis) is 1. The van der Waals surface area contributed by atoms with E-state index in [1.54, 1.807) is 6.07 Å². The highest BCUT2D eigenvalue weighted by Gasteiger charge is 2.36. The predicted molar refractivity (Wildman–Crippen MR) is 162 cm³/mol. The van der Waals surface area contributed by atoms with Gasteiger partial charge in [-0.25, -0.2) is 13.2 Å². The lowest BCUT2D eigenvalue weighted by molar-refractivity contribution is 0.0623. The predicted octanol–water partition coefficient (Wildman–Crippen LogP) is 4.40. The molecule has 3 unspecified atom stereocenters. The Morgan fingerprint density at radius 2 is 1.98 bits per heavy atom. The van der Waals surface area contributed by atoms with Crippen LogP contribution >= 0.6 is 0 Å². The highest BCUT2D eigenvalue weighted by atomic mass is 32.2. The number of nitrogens with zero attached hydrogens (tertiary/aromatic N) is 4. The summed E-state index contributed by atoms with van der Waals surface area (Å²) in [5, 5.41) is 17.9. The zero-order valence-electron chi connectivity index (χ0n) is 25.1. The monoisotopic (exact) mass is 631 g/mol. The summed E-state index contributed by atoms with van der Waals surface area (Å²) < 4.78 is 51.1. The smallest absolute Gasteiger partial charge is 0.407 e. The minimum atomic E-state index is -4.13. The Balaban J connectivity index is 1.57. The summed E-state index contributed by atoms with van der Waals surface area (Å²) >= 11 is 0. The lowest BCUT2D eigenvalue weighted by Crippen LogP contribution is -2.52. The summed E-state index contributed by atoms with van der Waals surface area (Å²) in [7, 11) is -4.13. The van der Waals surface area contributed by atoms with E-state index < -0.39 is 33.7 Å². The third kappa shape index (κ3) is 9.47. The fraction of sp³-hybridized carbons (Fsp3) is 0.567. The molecule has 2 aliphatic heterocycles. The molecule has 1 fully saturated rings. The molecule has 2 aromatic carbocycles. The van der Waals surface area contributed by atoms with Crippen molar-refractivity contribution in [1.29, 1.82) is 0 Å². The third-order valence-corrected chi connectivity index (χ3v) is 9.44. The third-order valence-electron chi connectivity index (χ3n) is 7.63. The molecule has 13 nitrogen and oxygen atoms in total. The second-order valence-electron chi connectivity index (χ2n) is 11.8. The molecule has 3 atom stereocenters. The number of unbranched alkanes of at least 4 members (excludes halogenated alkanes) is 1. The molecule has 0 aromatic heterocycles. The van der Waals surface area contributed by atoms with Gasteiger partial charge >= 0.3 is 6.09 Å². The van der Waals surface area contributed by atoms with Gasteiger partial charge in [-0.3, -0.25) is 0 Å². The number of nitrogens with one attached hydrogen (secondary N) is 1. The van der Waals surface area contributed by atoms with E-state index in [1.807, 2.05) is 44.2 Å². The van der Waals surface area contributed by atoms with Gasteiger partial charge in [0.05, 0.1) is 30.3 Å². The van der Waals surface area contributed by atoms with Crippen molar-refractivity contribution in [2.24, 2.45) is 10.5 Å². The van der Waals surface area contributed by atoms with Crippen LogP contribution in [0.25, 0.3) is 10.4 Å². The number of amides is 1. The van der Waals surface area contributed by atoms with Crippen molar-refractivity contribution >= 4 is 16.1 Å². The molecule has 14 heteroatoms. The van der Waals surface area contributed by atoms with Crippen molar-refractivity contribution in [3.63, 3.8) is 0 Å². The fourth-order valence-electron chi connectivity index (χ4n) is 5.25. The number of fused-ring (bicyclic) bond motifs is 1. The average Bonchev–Trinajstić information content (AvgIpc) is 3.68. The Morgan fingerprint density at radius 1 is 1.20 bits per heavy atom. The molecule has 1 saturated heterocycles. The summed E-state index contributed by atoms with van der Waals surface area (Å²) in [5.41, 5.74) is 8.91. The Morgan fingerprint density at radius 3 is 2.70 bits per heavy atom. The van der Waals surface area contributed by atoms with E-state index >= 15 is 0 Å². The summed E-state index contributed by atoms with van der Waals surface area (Å²) in [6.07, 6.45) is 0.505.